The van der Waals surface area contributed by atoms with Crippen molar-refractivity contribution in [3.05, 3.63) is 0 Å². The predicted octanol–water partition coefficient (Wildman–Crippen LogP) is 0.510. The minimum Gasteiger partial charge on any atom is -0.377 e. The van der Waals surface area contributed by atoms with E-state index >= 15 is 0 Å². The van der Waals surface area contributed by atoms with Crippen LogP contribution in [-0.2, 0) is 42.6 Å². The summed E-state index contributed by atoms with van der Waals surface area (Å²) < 4.78 is 50.7. The molecule has 0 radical (unpaired) electrons. The summed E-state index contributed by atoms with van der Waals surface area (Å²) in [5.41, 5.74) is 0. The van der Waals surface area contributed by atoms with Crippen molar-refractivity contribution < 1.29 is 42.6 Å². The molecule has 3 aliphatic heterocycles. The molecule has 25 heavy (non-hydrogen) atoms. The number of ether oxygens (including phenoxy) is 9. The van der Waals surface area contributed by atoms with Crippen molar-refractivity contribution in [2.45, 2.75) is 25.8 Å². The van der Waals surface area contributed by atoms with Gasteiger partial charge in [-0.15, -0.1) is 0 Å². The zero-order valence-corrected chi connectivity index (χ0v) is 15.2. The topological polar surface area (TPSA) is 83.1 Å². The molecule has 0 aromatic heterocycles. The molecular weight excluding hydrogens is 336 g/mol. The van der Waals surface area contributed by atoms with Gasteiger partial charge in [0.25, 0.3) is 11.9 Å². The van der Waals surface area contributed by atoms with Crippen LogP contribution in [0.1, 0.15) is 13.8 Å². The Balaban J connectivity index is 2.01. The quantitative estimate of drug-likeness (QED) is 0.569. The van der Waals surface area contributed by atoms with Gasteiger partial charge in [0.1, 0.15) is 0 Å². The van der Waals surface area contributed by atoms with E-state index in [2.05, 4.69) is 0 Å². The van der Waals surface area contributed by atoms with Crippen molar-refractivity contribution in [3.63, 3.8) is 0 Å². The van der Waals surface area contributed by atoms with Gasteiger partial charge in [0.05, 0.1) is 79.3 Å². The summed E-state index contributed by atoms with van der Waals surface area (Å²) in [5, 5.41) is 0. The van der Waals surface area contributed by atoms with Crippen LogP contribution in [0.15, 0.2) is 0 Å². The maximum absolute atomic E-state index is 5.69. The fraction of sp³-hybridized carbons (Fsp3) is 1.00. The van der Waals surface area contributed by atoms with Gasteiger partial charge in [-0.05, 0) is 0 Å². The van der Waals surface area contributed by atoms with Gasteiger partial charge in [-0.25, -0.2) is 0 Å². The van der Waals surface area contributed by atoms with Crippen LogP contribution in [0.4, 0.5) is 0 Å². The van der Waals surface area contributed by atoms with Crippen LogP contribution >= 0.6 is 0 Å². The van der Waals surface area contributed by atoms with Gasteiger partial charge in [0.15, 0.2) is 0 Å². The Morgan fingerprint density at radius 1 is 0.360 bits per heavy atom. The Labute approximate surface area is 148 Å². The van der Waals surface area contributed by atoms with E-state index < -0.39 is 11.9 Å². The molecule has 9 nitrogen and oxygen atoms in total. The monoisotopic (exact) mass is 366 g/mol. The second kappa shape index (κ2) is 11.4. The van der Waals surface area contributed by atoms with Gasteiger partial charge in [0.2, 0.25) is 0 Å². The summed E-state index contributed by atoms with van der Waals surface area (Å²) in [4.78, 5) is 0. The first-order valence-electron chi connectivity index (χ1n) is 8.69. The summed E-state index contributed by atoms with van der Waals surface area (Å²) in [6, 6.07) is 0. The zero-order chi connectivity index (χ0) is 17.8. The van der Waals surface area contributed by atoms with E-state index in [4.69, 9.17) is 42.6 Å². The lowest BCUT2D eigenvalue weighted by atomic mass is 10.5. The lowest BCUT2D eigenvalue weighted by molar-refractivity contribution is -0.384. The second-order valence-electron chi connectivity index (χ2n) is 5.65. The van der Waals surface area contributed by atoms with Crippen molar-refractivity contribution in [2.24, 2.45) is 0 Å². The van der Waals surface area contributed by atoms with Crippen molar-refractivity contribution in [2.75, 3.05) is 79.3 Å². The van der Waals surface area contributed by atoms with Gasteiger partial charge in [-0.3, -0.25) is 0 Å². The van der Waals surface area contributed by atoms with Crippen LogP contribution in [-0.4, -0.2) is 91.2 Å². The number of fused-ring (bicyclic) bond motifs is 18. The molecule has 0 aromatic rings. The maximum Gasteiger partial charge on any atom is 0.280 e. The number of rotatable bonds is 0. The molecule has 3 aliphatic rings. The molecule has 3 fully saturated rings. The third-order valence-electron chi connectivity index (χ3n) is 3.55. The molecule has 3 heterocycles. The molecule has 0 amide bonds. The normalized spacial score (nSPS) is 35.8. The SMILES string of the molecule is CC12OCCOCCOC(C)(OCCOCCO1)OCCOCCO2. The van der Waals surface area contributed by atoms with Gasteiger partial charge < -0.3 is 42.6 Å². The summed E-state index contributed by atoms with van der Waals surface area (Å²) >= 11 is 0. The van der Waals surface area contributed by atoms with E-state index in [0.29, 0.717) is 79.3 Å². The highest BCUT2D eigenvalue weighted by Crippen LogP contribution is 2.17. The van der Waals surface area contributed by atoms with E-state index in [1.54, 1.807) is 13.8 Å². The van der Waals surface area contributed by atoms with Crippen LogP contribution in [0.2, 0.25) is 0 Å². The molecule has 148 valence electrons. The third kappa shape index (κ3) is 8.72. The molecule has 0 N–H and O–H groups in total. The number of hydrogen-bond acceptors (Lipinski definition) is 9. The van der Waals surface area contributed by atoms with E-state index in [-0.39, 0.29) is 0 Å². The van der Waals surface area contributed by atoms with Gasteiger partial charge in [-0.1, -0.05) is 0 Å². The standard InChI is InChI=1S/C16H30O9/c1-15-20-9-3-17-6-12-23-16(2,24-13-7-18-4-10-21-15)25-14-8-19-5-11-22-15/h3-14H2,1-2H3. The molecule has 0 saturated carbocycles. The first-order chi connectivity index (χ1) is 12.1. The molecule has 3 rings (SSSR count). The molecule has 0 aliphatic carbocycles. The molecule has 2 bridgehead atoms. The first-order valence-corrected chi connectivity index (χ1v) is 8.69. The summed E-state index contributed by atoms with van der Waals surface area (Å²) in [5.74, 6) is -2.35. The lowest BCUT2D eigenvalue weighted by Gasteiger charge is -2.31. The van der Waals surface area contributed by atoms with Crippen LogP contribution in [0.5, 0.6) is 0 Å². The Morgan fingerprint density at radius 3 is 0.760 bits per heavy atom. The van der Waals surface area contributed by atoms with Gasteiger partial charge >= 0.3 is 0 Å². The molecule has 3 saturated heterocycles. The van der Waals surface area contributed by atoms with Crippen molar-refractivity contribution in [1.82, 2.24) is 0 Å². The first kappa shape index (κ1) is 20.9. The Kier molecular flexibility index (Phi) is 9.53. The molecule has 0 unspecified atom stereocenters. The smallest absolute Gasteiger partial charge is 0.280 e. The largest absolute Gasteiger partial charge is 0.377 e. The van der Waals surface area contributed by atoms with E-state index in [1.165, 1.54) is 0 Å². The average molecular weight is 366 g/mol. The Morgan fingerprint density at radius 2 is 0.560 bits per heavy atom. The van der Waals surface area contributed by atoms with Crippen molar-refractivity contribution in [1.29, 1.82) is 0 Å². The molecule has 0 aromatic carbocycles. The van der Waals surface area contributed by atoms with Crippen molar-refractivity contribution in [3.8, 4) is 0 Å². The highest BCUT2D eigenvalue weighted by atomic mass is 16.9. The predicted molar refractivity (Wildman–Crippen MR) is 85.0 cm³/mol. The molecule has 0 spiro atoms. The Bertz CT molecular complexity index is 274. The highest BCUT2D eigenvalue weighted by molar-refractivity contribution is 4.53. The summed E-state index contributed by atoms with van der Waals surface area (Å²) in [7, 11) is 0. The molecular formula is C16H30O9. The minimum absolute atomic E-state index is 0.322. The fourth-order valence-corrected chi connectivity index (χ4v) is 2.27. The van der Waals surface area contributed by atoms with Crippen LogP contribution in [0.3, 0.4) is 0 Å². The van der Waals surface area contributed by atoms with Crippen LogP contribution in [0.25, 0.3) is 0 Å². The van der Waals surface area contributed by atoms with Gasteiger partial charge in [-0.2, -0.15) is 0 Å². The van der Waals surface area contributed by atoms with E-state index in [0.717, 1.165) is 0 Å². The van der Waals surface area contributed by atoms with E-state index in [9.17, 15) is 0 Å². The van der Waals surface area contributed by atoms with E-state index in [1.807, 2.05) is 0 Å². The summed E-state index contributed by atoms with van der Waals surface area (Å²) in [6.07, 6.45) is 0. The highest BCUT2D eigenvalue weighted by Gasteiger charge is 2.29. The third-order valence-corrected chi connectivity index (χ3v) is 3.55. The van der Waals surface area contributed by atoms with Crippen LogP contribution in [0, 0.1) is 0 Å². The maximum atomic E-state index is 5.69. The molecule has 9 heteroatoms. The number of hydrogen-bond donors (Lipinski definition) is 0. The second-order valence-corrected chi connectivity index (χ2v) is 5.65. The van der Waals surface area contributed by atoms with Gasteiger partial charge in [0, 0.05) is 13.8 Å². The molecule has 0 atom stereocenters. The lowest BCUT2D eigenvalue weighted by Crippen LogP contribution is -2.41. The van der Waals surface area contributed by atoms with Crippen LogP contribution < -0.4 is 0 Å². The zero-order valence-electron chi connectivity index (χ0n) is 15.2. The van der Waals surface area contributed by atoms with Crippen molar-refractivity contribution >= 4 is 0 Å². The Hall–Kier alpha value is -0.360. The fourth-order valence-electron chi connectivity index (χ4n) is 2.27. The minimum atomic E-state index is -1.17. The average Bonchev–Trinajstić information content (AvgIpc) is 2.58. The summed E-state index contributed by atoms with van der Waals surface area (Å²) in [6.45, 7) is 7.69.